The first-order valence-electron chi connectivity index (χ1n) is 3.54. The van der Waals surface area contributed by atoms with Crippen molar-refractivity contribution < 1.29 is 9.15 Å². The fourth-order valence-electron chi connectivity index (χ4n) is 1.10. The lowest BCUT2D eigenvalue weighted by Crippen LogP contribution is -2.40. The Morgan fingerprint density at radius 2 is 2.18 bits per heavy atom. The highest BCUT2D eigenvalue weighted by atomic mass is 79.9. The molecule has 2 heterocycles. The number of hydrogen-bond acceptors (Lipinski definition) is 2. The van der Waals surface area contributed by atoms with E-state index in [2.05, 4.69) is 15.9 Å². The Balaban J connectivity index is 2.28. The Hall–Kier alpha value is -0.280. The van der Waals surface area contributed by atoms with Gasteiger partial charge < -0.3 is 9.15 Å². The largest absolute Gasteiger partial charge is 0.465 e. The van der Waals surface area contributed by atoms with E-state index in [0.717, 1.165) is 11.5 Å². The summed E-state index contributed by atoms with van der Waals surface area (Å²) in [6, 6.07) is 3.96. The second-order valence-corrected chi connectivity index (χ2v) is 4.39. The molecule has 0 spiro atoms. The van der Waals surface area contributed by atoms with Gasteiger partial charge in [-0.15, -0.1) is 0 Å². The SMILES string of the molecule is Cc1ccc(C2(Br)COC2)o1. The highest BCUT2D eigenvalue weighted by Gasteiger charge is 2.40. The van der Waals surface area contributed by atoms with Crippen molar-refractivity contribution in [2.45, 2.75) is 11.2 Å². The Labute approximate surface area is 73.7 Å². The smallest absolute Gasteiger partial charge is 0.130 e. The summed E-state index contributed by atoms with van der Waals surface area (Å²) in [6.45, 7) is 3.36. The molecular weight excluding hydrogens is 208 g/mol. The van der Waals surface area contributed by atoms with Gasteiger partial charge in [0.15, 0.2) is 0 Å². The van der Waals surface area contributed by atoms with Crippen LogP contribution in [0.25, 0.3) is 0 Å². The molecule has 0 N–H and O–H groups in total. The second-order valence-electron chi connectivity index (χ2n) is 2.87. The zero-order chi connectivity index (χ0) is 7.90. The van der Waals surface area contributed by atoms with Crippen LogP contribution in [0.5, 0.6) is 0 Å². The zero-order valence-electron chi connectivity index (χ0n) is 6.26. The maximum Gasteiger partial charge on any atom is 0.130 e. The lowest BCUT2D eigenvalue weighted by molar-refractivity contribution is -0.0162. The van der Waals surface area contributed by atoms with Gasteiger partial charge in [-0.1, -0.05) is 15.9 Å². The third-order valence-electron chi connectivity index (χ3n) is 1.84. The molecule has 0 amide bonds. The molecule has 60 valence electrons. The maximum absolute atomic E-state index is 5.46. The molecule has 1 aliphatic heterocycles. The molecule has 1 fully saturated rings. The number of alkyl halides is 1. The summed E-state index contributed by atoms with van der Waals surface area (Å²) in [4.78, 5) is 0. The summed E-state index contributed by atoms with van der Waals surface area (Å²) in [5.74, 6) is 1.92. The van der Waals surface area contributed by atoms with Crippen molar-refractivity contribution in [2.75, 3.05) is 13.2 Å². The molecule has 1 saturated heterocycles. The van der Waals surface area contributed by atoms with E-state index in [-0.39, 0.29) is 4.32 Å². The minimum atomic E-state index is -0.0404. The number of hydrogen-bond donors (Lipinski definition) is 0. The topological polar surface area (TPSA) is 22.4 Å². The molecule has 0 unspecified atom stereocenters. The lowest BCUT2D eigenvalue weighted by atomic mass is 10.1. The van der Waals surface area contributed by atoms with Gasteiger partial charge >= 0.3 is 0 Å². The van der Waals surface area contributed by atoms with Gasteiger partial charge in [0.1, 0.15) is 15.8 Å². The van der Waals surface area contributed by atoms with E-state index in [1.54, 1.807) is 0 Å². The van der Waals surface area contributed by atoms with Crippen LogP contribution in [0.3, 0.4) is 0 Å². The van der Waals surface area contributed by atoms with E-state index >= 15 is 0 Å². The van der Waals surface area contributed by atoms with E-state index < -0.39 is 0 Å². The van der Waals surface area contributed by atoms with Crippen LogP contribution >= 0.6 is 15.9 Å². The lowest BCUT2D eigenvalue weighted by Gasteiger charge is -2.33. The third-order valence-corrected chi connectivity index (χ3v) is 2.69. The fourth-order valence-corrected chi connectivity index (χ4v) is 1.64. The first kappa shape index (κ1) is 7.37. The van der Waals surface area contributed by atoms with Crippen LogP contribution in [0.15, 0.2) is 16.5 Å². The molecule has 11 heavy (non-hydrogen) atoms. The summed E-state index contributed by atoms with van der Waals surface area (Å²) < 4.78 is 10.5. The fraction of sp³-hybridized carbons (Fsp3) is 0.500. The standard InChI is InChI=1S/C8H9BrO2/c1-6-2-3-7(11-6)8(9)4-10-5-8/h2-3H,4-5H2,1H3. The molecule has 0 atom stereocenters. The van der Waals surface area contributed by atoms with E-state index in [0.29, 0.717) is 13.2 Å². The maximum atomic E-state index is 5.46. The van der Waals surface area contributed by atoms with Gasteiger partial charge in [-0.3, -0.25) is 0 Å². The Kier molecular flexibility index (Phi) is 1.58. The average Bonchev–Trinajstić information content (AvgIpc) is 2.31. The quantitative estimate of drug-likeness (QED) is 0.673. The van der Waals surface area contributed by atoms with Gasteiger partial charge in [-0.2, -0.15) is 0 Å². The predicted octanol–water partition coefficient (Wildman–Crippen LogP) is 2.21. The number of ether oxygens (including phenoxy) is 1. The first-order chi connectivity index (χ1) is 5.21. The molecule has 0 radical (unpaired) electrons. The van der Waals surface area contributed by atoms with Crippen LogP contribution in [0.1, 0.15) is 11.5 Å². The predicted molar refractivity (Wildman–Crippen MR) is 44.9 cm³/mol. The number of furan rings is 1. The van der Waals surface area contributed by atoms with E-state index in [1.807, 2.05) is 19.1 Å². The second kappa shape index (κ2) is 2.35. The summed E-state index contributed by atoms with van der Waals surface area (Å²) in [5.41, 5.74) is 0. The van der Waals surface area contributed by atoms with Gasteiger partial charge in [-0.05, 0) is 19.1 Å². The first-order valence-corrected chi connectivity index (χ1v) is 4.34. The van der Waals surface area contributed by atoms with Crippen LogP contribution in [-0.4, -0.2) is 13.2 Å². The number of rotatable bonds is 1. The monoisotopic (exact) mass is 216 g/mol. The summed E-state index contributed by atoms with van der Waals surface area (Å²) in [5, 5.41) is 0. The minimum Gasteiger partial charge on any atom is -0.465 e. The van der Waals surface area contributed by atoms with Crippen molar-refractivity contribution in [2.24, 2.45) is 0 Å². The van der Waals surface area contributed by atoms with Crippen molar-refractivity contribution in [1.29, 1.82) is 0 Å². The molecule has 2 rings (SSSR count). The molecule has 0 aromatic carbocycles. The van der Waals surface area contributed by atoms with Crippen LogP contribution in [0.2, 0.25) is 0 Å². The van der Waals surface area contributed by atoms with Gasteiger partial charge in [-0.25, -0.2) is 0 Å². The molecule has 3 heteroatoms. The minimum absolute atomic E-state index is 0.0404. The molecule has 0 bridgehead atoms. The molecule has 1 aromatic heterocycles. The van der Waals surface area contributed by atoms with Crippen molar-refractivity contribution in [3.63, 3.8) is 0 Å². The van der Waals surface area contributed by atoms with Gasteiger partial charge in [0.05, 0.1) is 13.2 Å². The van der Waals surface area contributed by atoms with Gasteiger partial charge in [0, 0.05) is 0 Å². The highest BCUT2D eigenvalue weighted by Crippen LogP contribution is 2.39. The number of aryl methyl sites for hydroxylation is 1. The Morgan fingerprint density at radius 1 is 1.45 bits per heavy atom. The molecule has 2 nitrogen and oxygen atoms in total. The van der Waals surface area contributed by atoms with Crippen molar-refractivity contribution >= 4 is 15.9 Å². The van der Waals surface area contributed by atoms with Crippen LogP contribution in [-0.2, 0) is 9.06 Å². The Bertz CT molecular complexity index is 263. The molecule has 0 saturated carbocycles. The molecule has 1 aliphatic rings. The van der Waals surface area contributed by atoms with Crippen LogP contribution in [0.4, 0.5) is 0 Å². The van der Waals surface area contributed by atoms with E-state index in [1.165, 1.54) is 0 Å². The van der Waals surface area contributed by atoms with E-state index in [4.69, 9.17) is 9.15 Å². The van der Waals surface area contributed by atoms with Crippen molar-refractivity contribution in [3.05, 3.63) is 23.7 Å². The van der Waals surface area contributed by atoms with Crippen LogP contribution in [0, 0.1) is 6.92 Å². The normalized spacial score (nSPS) is 21.3. The summed E-state index contributed by atoms with van der Waals surface area (Å²) in [7, 11) is 0. The van der Waals surface area contributed by atoms with E-state index in [9.17, 15) is 0 Å². The summed E-state index contributed by atoms with van der Waals surface area (Å²) in [6.07, 6.45) is 0. The number of halogens is 1. The third kappa shape index (κ3) is 1.12. The zero-order valence-corrected chi connectivity index (χ0v) is 7.85. The average molecular weight is 217 g/mol. The van der Waals surface area contributed by atoms with Crippen molar-refractivity contribution in [3.8, 4) is 0 Å². The molecule has 0 aliphatic carbocycles. The summed E-state index contributed by atoms with van der Waals surface area (Å²) >= 11 is 3.57. The molecular formula is C8H9BrO2. The molecule has 1 aromatic rings. The van der Waals surface area contributed by atoms with Crippen LogP contribution < -0.4 is 0 Å². The Morgan fingerprint density at radius 3 is 2.55 bits per heavy atom. The van der Waals surface area contributed by atoms with Gasteiger partial charge in [0.25, 0.3) is 0 Å². The highest BCUT2D eigenvalue weighted by molar-refractivity contribution is 9.09. The van der Waals surface area contributed by atoms with Crippen molar-refractivity contribution in [1.82, 2.24) is 0 Å². The van der Waals surface area contributed by atoms with Gasteiger partial charge in [0.2, 0.25) is 0 Å².